The maximum atomic E-state index is 13.1. The molecule has 1 N–H and O–H groups in total. The number of halogens is 1. The van der Waals surface area contributed by atoms with Crippen LogP contribution in [0.5, 0.6) is 0 Å². The zero-order chi connectivity index (χ0) is 17.2. The molecule has 1 unspecified atom stereocenters. The van der Waals surface area contributed by atoms with Crippen LogP contribution < -0.4 is 5.32 Å². The minimum atomic E-state index is -0.163. The fourth-order valence-corrected chi connectivity index (χ4v) is 4.07. The second kappa shape index (κ2) is 7.22. The van der Waals surface area contributed by atoms with Gasteiger partial charge in [0.05, 0.1) is 6.54 Å². The van der Waals surface area contributed by atoms with Crippen LogP contribution in [0.4, 0.5) is 4.39 Å². The molecule has 4 rings (SSSR count). The van der Waals surface area contributed by atoms with Crippen LogP contribution in [-0.4, -0.2) is 45.8 Å². The van der Waals surface area contributed by atoms with Crippen LogP contribution in [0.2, 0.25) is 0 Å². The van der Waals surface area contributed by atoms with E-state index < -0.39 is 0 Å². The van der Waals surface area contributed by atoms with Crippen molar-refractivity contribution in [2.24, 2.45) is 0 Å². The Morgan fingerprint density at radius 1 is 1.16 bits per heavy atom. The zero-order valence-electron chi connectivity index (χ0n) is 14.8. The van der Waals surface area contributed by atoms with E-state index >= 15 is 0 Å². The number of hydrogen-bond acceptors (Lipinski definition) is 4. The van der Waals surface area contributed by atoms with Crippen molar-refractivity contribution in [2.45, 2.75) is 44.7 Å². The number of rotatable bonds is 4. The minimum absolute atomic E-state index is 0.163. The van der Waals surface area contributed by atoms with E-state index in [2.05, 4.69) is 31.9 Å². The Morgan fingerprint density at radius 3 is 2.68 bits per heavy atom. The molecule has 0 spiro atoms. The highest BCUT2D eigenvalue weighted by atomic mass is 19.1. The van der Waals surface area contributed by atoms with E-state index in [1.807, 2.05) is 12.1 Å². The molecule has 1 saturated heterocycles. The van der Waals surface area contributed by atoms with Gasteiger partial charge in [0.2, 0.25) is 0 Å². The Labute approximate surface area is 148 Å². The minimum Gasteiger partial charge on any atom is -0.312 e. The summed E-state index contributed by atoms with van der Waals surface area (Å²) in [4.78, 5) is 2.53. The number of aromatic nitrogens is 3. The van der Waals surface area contributed by atoms with Crippen molar-refractivity contribution in [1.29, 1.82) is 0 Å². The SMILES string of the molecule is CC(CN1CCC(c2nnc3n2CCNC3)CC1)c1ccc(F)cc1. The first-order chi connectivity index (χ1) is 12.2. The van der Waals surface area contributed by atoms with Gasteiger partial charge in [-0.15, -0.1) is 10.2 Å². The van der Waals surface area contributed by atoms with Gasteiger partial charge in [0, 0.05) is 25.6 Å². The Kier molecular flexibility index (Phi) is 4.81. The van der Waals surface area contributed by atoms with Crippen LogP contribution in [0.25, 0.3) is 0 Å². The summed E-state index contributed by atoms with van der Waals surface area (Å²) in [6, 6.07) is 6.93. The fraction of sp³-hybridized carbons (Fsp3) is 0.579. The van der Waals surface area contributed by atoms with Gasteiger partial charge in [-0.2, -0.15) is 0 Å². The van der Waals surface area contributed by atoms with Gasteiger partial charge in [-0.3, -0.25) is 0 Å². The molecule has 1 aromatic carbocycles. The number of piperidine rings is 1. The highest BCUT2D eigenvalue weighted by Crippen LogP contribution is 2.29. The molecule has 2 aliphatic rings. The molecule has 5 nitrogen and oxygen atoms in total. The number of likely N-dealkylation sites (tertiary alicyclic amines) is 1. The first-order valence-corrected chi connectivity index (χ1v) is 9.31. The van der Waals surface area contributed by atoms with Gasteiger partial charge in [-0.1, -0.05) is 19.1 Å². The summed E-state index contributed by atoms with van der Waals surface area (Å²) in [5.74, 6) is 3.04. The van der Waals surface area contributed by atoms with E-state index in [1.54, 1.807) is 12.1 Å². The molecule has 134 valence electrons. The van der Waals surface area contributed by atoms with Crippen molar-refractivity contribution in [3.05, 3.63) is 47.3 Å². The Morgan fingerprint density at radius 2 is 1.92 bits per heavy atom. The Balaban J connectivity index is 1.34. The van der Waals surface area contributed by atoms with E-state index in [4.69, 9.17) is 0 Å². The Bertz CT molecular complexity index is 703. The Hall–Kier alpha value is -1.79. The van der Waals surface area contributed by atoms with Gasteiger partial charge < -0.3 is 14.8 Å². The molecule has 1 atom stereocenters. The molecule has 2 aliphatic heterocycles. The van der Waals surface area contributed by atoms with E-state index in [9.17, 15) is 4.39 Å². The standard InChI is InChI=1S/C19H26FN5/c1-14(15-2-4-17(20)5-3-15)13-24-9-6-16(7-10-24)19-23-22-18-12-21-8-11-25(18)19/h2-5,14,16,21H,6-13H2,1H3. The van der Waals surface area contributed by atoms with E-state index in [0.717, 1.165) is 57.9 Å². The molecule has 0 bridgehead atoms. The zero-order valence-corrected chi connectivity index (χ0v) is 14.8. The van der Waals surface area contributed by atoms with Crippen LogP contribution in [0.1, 0.15) is 48.8 Å². The first-order valence-electron chi connectivity index (χ1n) is 9.31. The normalized spacial score (nSPS) is 20.4. The summed E-state index contributed by atoms with van der Waals surface area (Å²) in [6.45, 7) is 8.27. The van der Waals surface area contributed by atoms with Crippen LogP contribution in [-0.2, 0) is 13.1 Å². The van der Waals surface area contributed by atoms with E-state index in [1.165, 1.54) is 11.4 Å². The van der Waals surface area contributed by atoms with E-state index in [-0.39, 0.29) is 5.82 Å². The number of fused-ring (bicyclic) bond motifs is 1. The summed E-state index contributed by atoms with van der Waals surface area (Å²) in [5.41, 5.74) is 1.21. The highest BCUT2D eigenvalue weighted by Gasteiger charge is 2.27. The third-order valence-electron chi connectivity index (χ3n) is 5.58. The number of nitrogens with zero attached hydrogens (tertiary/aromatic N) is 4. The van der Waals surface area contributed by atoms with Gasteiger partial charge >= 0.3 is 0 Å². The summed E-state index contributed by atoms with van der Waals surface area (Å²) in [7, 11) is 0. The summed E-state index contributed by atoms with van der Waals surface area (Å²) < 4.78 is 15.4. The van der Waals surface area contributed by atoms with Crippen molar-refractivity contribution in [3.63, 3.8) is 0 Å². The smallest absolute Gasteiger partial charge is 0.147 e. The molecule has 6 heteroatoms. The molecule has 3 heterocycles. The van der Waals surface area contributed by atoms with Crippen molar-refractivity contribution in [3.8, 4) is 0 Å². The molecule has 25 heavy (non-hydrogen) atoms. The van der Waals surface area contributed by atoms with Gasteiger partial charge in [0.25, 0.3) is 0 Å². The molecular formula is C19H26FN5. The van der Waals surface area contributed by atoms with Crippen molar-refractivity contribution >= 4 is 0 Å². The largest absolute Gasteiger partial charge is 0.312 e. The summed E-state index contributed by atoms with van der Waals surface area (Å²) >= 11 is 0. The lowest BCUT2D eigenvalue weighted by Crippen LogP contribution is -2.37. The van der Waals surface area contributed by atoms with Crippen LogP contribution in [0, 0.1) is 5.82 Å². The van der Waals surface area contributed by atoms with Gasteiger partial charge in [0.1, 0.15) is 17.5 Å². The molecule has 0 saturated carbocycles. The number of benzene rings is 1. The maximum absolute atomic E-state index is 13.1. The number of hydrogen-bond donors (Lipinski definition) is 1. The van der Waals surface area contributed by atoms with Crippen LogP contribution in [0.15, 0.2) is 24.3 Å². The quantitative estimate of drug-likeness (QED) is 0.927. The van der Waals surface area contributed by atoms with Gasteiger partial charge in [-0.05, 0) is 49.5 Å². The van der Waals surface area contributed by atoms with Crippen LogP contribution >= 0.6 is 0 Å². The predicted octanol–water partition coefficient (Wildman–Crippen LogP) is 2.50. The molecule has 0 amide bonds. The predicted molar refractivity (Wildman–Crippen MR) is 95.0 cm³/mol. The highest BCUT2D eigenvalue weighted by molar-refractivity contribution is 5.20. The molecule has 0 radical (unpaired) electrons. The average Bonchev–Trinajstić information content (AvgIpc) is 3.07. The van der Waals surface area contributed by atoms with E-state index in [0.29, 0.717) is 11.8 Å². The van der Waals surface area contributed by atoms with Crippen molar-refractivity contribution in [2.75, 3.05) is 26.2 Å². The maximum Gasteiger partial charge on any atom is 0.147 e. The number of nitrogens with one attached hydrogen (secondary N) is 1. The fourth-order valence-electron chi connectivity index (χ4n) is 4.07. The lowest BCUT2D eigenvalue weighted by atomic mass is 9.94. The molecule has 2 aromatic rings. The average molecular weight is 343 g/mol. The lowest BCUT2D eigenvalue weighted by molar-refractivity contribution is 0.198. The first kappa shape index (κ1) is 16.7. The summed E-state index contributed by atoms with van der Waals surface area (Å²) in [5, 5.41) is 12.2. The second-order valence-corrected chi connectivity index (χ2v) is 7.33. The third kappa shape index (κ3) is 3.60. The monoisotopic (exact) mass is 343 g/mol. The summed E-state index contributed by atoms with van der Waals surface area (Å²) in [6.07, 6.45) is 2.28. The van der Waals surface area contributed by atoms with Crippen molar-refractivity contribution < 1.29 is 4.39 Å². The molecular weight excluding hydrogens is 317 g/mol. The topological polar surface area (TPSA) is 46.0 Å². The molecule has 1 fully saturated rings. The molecule has 0 aliphatic carbocycles. The van der Waals surface area contributed by atoms with Gasteiger partial charge in [-0.25, -0.2) is 4.39 Å². The lowest BCUT2D eigenvalue weighted by Gasteiger charge is -2.33. The van der Waals surface area contributed by atoms with Crippen molar-refractivity contribution in [1.82, 2.24) is 25.0 Å². The van der Waals surface area contributed by atoms with Crippen LogP contribution in [0.3, 0.4) is 0 Å². The third-order valence-corrected chi connectivity index (χ3v) is 5.58. The second-order valence-electron chi connectivity index (χ2n) is 7.33. The molecule has 1 aromatic heterocycles. The van der Waals surface area contributed by atoms with Gasteiger partial charge in [0.15, 0.2) is 0 Å².